The van der Waals surface area contributed by atoms with Gasteiger partial charge in [0.1, 0.15) is 17.6 Å². The minimum absolute atomic E-state index is 0.0637. The number of ether oxygens (including phenoxy) is 1. The Morgan fingerprint density at radius 3 is 2.42 bits per heavy atom. The summed E-state index contributed by atoms with van der Waals surface area (Å²) >= 11 is 6.12. The number of pyridine rings is 1. The van der Waals surface area contributed by atoms with Crippen molar-refractivity contribution < 1.29 is 35.5 Å². The quantitative estimate of drug-likeness (QED) is 0.307. The Kier molecular flexibility index (Phi) is 8.09. The first-order valence-electron chi connectivity index (χ1n) is 11.5. The summed E-state index contributed by atoms with van der Waals surface area (Å²) < 4.78 is 87.4. The number of aromatic nitrogens is 1. The minimum Gasteiger partial charge on any atom is -0.466 e. The highest BCUT2D eigenvalue weighted by Gasteiger charge is 2.38. The first kappa shape index (κ1) is 28.0. The molecule has 0 amide bonds. The molecule has 8 nitrogen and oxygen atoms in total. The number of benzene rings is 1. The van der Waals surface area contributed by atoms with E-state index in [0.717, 1.165) is 31.7 Å². The van der Waals surface area contributed by atoms with Crippen LogP contribution in [0, 0.1) is 29.2 Å². The fourth-order valence-electron chi connectivity index (χ4n) is 4.71. The lowest BCUT2D eigenvalue weighted by Crippen LogP contribution is -2.41. The van der Waals surface area contributed by atoms with E-state index < -0.39 is 50.3 Å². The summed E-state index contributed by atoms with van der Waals surface area (Å²) in [5.74, 6) is -5.97. The third-order valence-electron chi connectivity index (χ3n) is 6.39. The second kappa shape index (κ2) is 11.0. The first-order chi connectivity index (χ1) is 17.9. The lowest BCUT2D eigenvalue weighted by atomic mass is 9.80. The van der Waals surface area contributed by atoms with Gasteiger partial charge in [0, 0.05) is 23.4 Å². The average Bonchev–Trinajstić information content (AvgIpc) is 2.86. The van der Waals surface area contributed by atoms with E-state index in [1.54, 1.807) is 0 Å². The molecule has 2 N–H and O–H groups in total. The van der Waals surface area contributed by atoms with E-state index in [4.69, 9.17) is 16.3 Å². The van der Waals surface area contributed by atoms with Crippen LogP contribution in [-0.4, -0.2) is 44.6 Å². The Labute approximate surface area is 221 Å². The second-order valence-electron chi connectivity index (χ2n) is 9.01. The lowest BCUT2D eigenvalue weighted by Gasteiger charge is -2.35. The van der Waals surface area contributed by atoms with Crippen molar-refractivity contribution in [2.24, 2.45) is 10.9 Å². The average molecular weight is 575 g/mol. The number of carbonyl (C=O) groups is 1. The van der Waals surface area contributed by atoms with Gasteiger partial charge in [0.05, 0.1) is 30.2 Å². The molecule has 0 bridgehead atoms. The molecule has 14 heteroatoms. The summed E-state index contributed by atoms with van der Waals surface area (Å²) in [6.45, 7) is 0. The van der Waals surface area contributed by atoms with Crippen LogP contribution in [-0.2, 0) is 19.6 Å². The number of sulfonamides is 1. The Bertz CT molecular complexity index is 1440. The molecule has 1 unspecified atom stereocenters. The van der Waals surface area contributed by atoms with Gasteiger partial charge < -0.3 is 10.1 Å². The van der Waals surface area contributed by atoms with Crippen LogP contribution >= 0.6 is 11.6 Å². The zero-order valence-corrected chi connectivity index (χ0v) is 21.8. The van der Waals surface area contributed by atoms with Crippen molar-refractivity contribution >= 4 is 33.4 Å². The molecule has 2 aromatic rings. The predicted molar refractivity (Wildman–Crippen MR) is 131 cm³/mol. The summed E-state index contributed by atoms with van der Waals surface area (Å²) in [4.78, 5) is 21.2. The van der Waals surface area contributed by atoms with E-state index in [1.165, 1.54) is 0 Å². The van der Waals surface area contributed by atoms with Gasteiger partial charge in [0.2, 0.25) is 10.0 Å². The molecule has 1 aromatic heterocycles. The van der Waals surface area contributed by atoms with Crippen LogP contribution < -0.4 is 10.0 Å². The third kappa shape index (κ3) is 5.84. The molecule has 1 aliphatic heterocycles. The Balaban J connectivity index is 1.84. The van der Waals surface area contributed by atoms with E-state index in [9.17, 15) is 30.8 Å². The Morgan fingerprint density at radius 1 is 1.13 bits per heavy atom. The number of rotatable bonds is 6. The number of carbonyl (C=O) groups excluding carboxylic acids is 1. The molecule has 0 spiro atoms. The number of amidine groups is 1. The molecule has 1 saturated carbocycles. The van der Waals surface area contributed by atoms with E-state index in [2.05, 4.69) is 20.0 Å². The Hall–Kier alpha value is -3.03. The normalized spacial score (nSPS) is 22.1. The van der Waals surface area contributed by atoms with Crippen LogP contribution in [0.25, 0.3) is 0 Å². The highest BCUT2D eigenvalue weighted by Crippen LogP contribution is 2.41. The highest BCUT2D eigenvalue weighted by molar-refractivity contribution is 7.88. The van der Waals surface area contributed by atoms with Crippen molar-refractivity contribution in [3.8, 4) is 0 Å². The number of methoxy groups -OCH3 is 1. The summed E-state index contributed by atoms with van der Waals surface area (Å²) in [6.07, 6.45) is 3.49. The van der Waals surface area contributed by atoms with E-state index in [-0.39, 0.29) is 40.3 Å². The standard InChI is InChI=1S/C24H23ClF4N4O4S/c1-37-24(34)17-20(11-3-5-13(6-4-11)33-38(2,35)36)31-23(22-16(28)9-12(26)10-30-22)32-21(17)14-7-8-15(27)19(29)18(14)25/h7-11,13,21,33H,3-6H2,1-2H3,(H,31,32). The van der Waals surface area contributed by atoms with Crippen molar-refractivity contribution in [1.82, 2.24) is 15.0 Å². The number of nitrogens with zero attached hydrogens (tertiary/aromatic N) is 2. The zero-order chi connectivity index (χ0) is 27.8. The molecule has 4 rings (SSSR count). The first-order valence-corrected chi connectivity index (χ1v) is 13.8. The smallest absolute Gasteiger partial charge is 0.338 e. The number of nitrogens with one attached hydrogen (secondary N) is 2. The van der Waals surface area contributed by atoms with Crippen molar-refractivity contribution in [2.75, 3.05) is 13.4 Å². The van der Waals surface area contributed by atoms with Crippen molar-refractivity contribution in [2.45, 2.75) is 37.8 Å². The molecule has 1 aliphatic carbocycles. The second-order valence-corrected chi connectivity index (χ2v) is 11.2. The maximum atomic E-state index is 14.7. The maximum absolute atomic E-state index is 14.7. The molecule has 0 radical (unpaired) electrons. The fourth-order valence-corrected chi connectivity index (χ4v) is 5.81. The summed E-state index contributed by atoms with van der Waals surface area (Å²) in [7, 11) is -2.31. The third-order valence-corrected chi connectivity index (χ3v) is 7.53. The summed E-state index contributed by atoms with van der Waals surface area (Å²) in [6, 6.07) is 0.899. The van der Waals surface area contributed by atoms with Gasteiger partial charge in [-0.15, -0.1) is 0 Å². The van der Waals surface area contributed by atoms with Gasteiger partial charge in [-0.1, -0.05) is 17.7 Å². The molecule has 2 aliphatic rings. The number of halogens is 5. The molecule has 1 atom stereocenters. The zero-order valence-electron chi connectivity index (χ0n) is 20.2. The van der Waals surface area contributed by atoms with E-state index in [1.807, 2.05) is 0 Å². The van der Waals surface area contributed by atoms with Gasteiger partial charge in [-0.2, -0.15) is 0 Å². The number of hydrogen-bond acceptors (Lipinski definition) is 7. The number of esters is 1. The minimum atomic E-state index is -3.44. The van der Waals surface area contributed by atoms with E-state index in [0.29, 0.717) is 31.7 Å². The molecule has 1 fully saturated rings. The number of allylic oxidation sites excluding steroid dienone is 1. The van der Waals surface area contributed by atoms with Crippen LogP contribution in [0.3, 0.4) is 0 Å². The van der Waals surface area contributed by atoms with Gasteiger partial charge in [-0.25, -0.2) is 40.5 Å². The molecule has 1 aromatic carbocycles. The largest absolute Gasteiger partial charge is 0.466 e. The van der Waals surface area contributed by atoms with Gasteiger partial charge in [0.15, 0.2) is 23.3 Å². The number of hydrogen-bond donors (Lipinski definition) is 2. The highest BCUT2D eigenvalue weighted by atomic mass is 35.5. The monoisotopic (exact) mass is 574 g/mol. The van der Waals surface area contributed by atoms with Gasteiger partial charge in [-0.05, 0) is 37.7 Å². The van der Waals surface area contributed by atoms with Gasteiger partial charge >= 0.3 is 5.97 Å². The SMILES string of the molecule is COC(=O)C1=C(C2CCC(NS(C)(=O)=O)CC2)NC(c2ncc(F)cc2F)=NC1c1ccc(F)c(F)c1Cl. The Morgan fingerprint density at radius 2 is 1.82 bits per heavy atom. The van der Waals surface area contributed by atoms with Crippen LogP contribution in [0.15, 0.2) is 40.7 Å². The van der Waals surface area contributed by atoms with Gasteiger partial charge in [0.25, 0.3) is 0 Å². The van der Waals surface area contributed by atoms with Crippen LogP contribution in [0.4, 0.5) is 17.6 Å². The summed E-state index contributed by atoms with van der Waals surface area (Å²) in [5, 5.41) is 2.30. The predicted octanol–water partition coefficient (Wildman–Crippen LogP) is 3.92. The van der Waals surface area contributed by atoms with Gasteiger partial charge in [-0.3, -0.25) is 4.99 Å². The van der Waals surface area contributed by atoms with Crippen LogP contribution in [0.2, 0.25) is 5.02 Å². The van der Waals surface area contributed by atoms with Crippen molar-refractivity contribution in [3.05, 3.63) is 75.2 Å². The fraction of sp³-hybridized carbons (Fsp3) is 0.375. The molecular weight excluding hydrogens is 552 g/mol. The van der Waals surface area contributed by atoms with Crippen molar-refractivity contribution in [1.29, 1.82) is 0 Å². The topological polar surface area (TPSA) is 110 Å². The maximum Gasteiger partial charge on any atom is 0.338 e. The molecule has 2 heterocycles. The molecule has 204 valence electrons. The summed E-state index contributed by atoms with van der Waals surface area (Å²) in [5.41, 5.74) is -0.261. The molecular formula is C24H23ClF4N4O4S. The van der Waals surface area contributed by atoms with Crippen molar-refractivity contribution in [3.63, 3.8) is 0 Å². The van der Waals surface area contributed by atoms with Crippen LogP contribution in [0.5, 0.6) is 0 Å². The lowest BCUT2D eigenvalue weighted by molar-refractivity contribution is -0.136. The van der Waals surface area contributed by atoms with Crippen LogP contribution in [0.1, 0.15) is 43.0 Å². The molecule has 38 heavy (non-hydrogen) atoms. The van der Waals surface area contributed by atoms with E-state index >= 15 is 0 Å². The molecule has 0 saturated heterocycles. The number of aliphatic imine (C=N–C) groups is 1.